The molecule has 2 amide bonds. The van der Waals surface area contributed by atoms with E-state index >= 15 is 0 Å². The molecule has 0 spiro atoms. The fraction of sp³-hybridized carbons (Fsp3) is 0.273. The van der Waals surface area contributed by atoms with Crippen molar-refractivity contribution in [1.29, 1.82) is 0 Å². The van der Waals surface area contributed by atoms with E-state index in [1.807, 2.05) is 0 Å². The molecule has 0 aromatic heterocycles. The minimum Gasteiger partial charge on any atom is -0.497 e. The second kappa shape index (κ2) is 7.62. The average molecular weight is 408 g/mol. The number of imide groups is 1. The largest absolute Gasteiger partial charge is 0.497 e. The number of nitrogens with one attached hydrogen (secondary N) is 1. The van der Waals surface area contributed by atoms with E-state index in [0.29, 0.717) is 22.9 Å². The number of amides is 2. The Morgan fingerprint density at radius 2 is 1.77 bits per heavy atom. The Morgan fingerprint density at radius 3 is 2.47 bits per heavy atom. The maximum absolute atomic E-state index is 13.2. The van der Waals surface area contributed by atoms with Gasteiger partial charge < -0.3 is 14.8 Å². The van der Waals surface area contributed by atoms with Crippen molar-refractivity contribution in [3.8, 4) is 11.5 Å². The molecule has 154 valence electrons. The van der Waals surface area contributed by atoms with Crippen molar-refractivity contribution in [1.82, 2.24) is 4.90 Å². The second-order valence-corrected chi connectivity index (χ2v) is 7.14. The molecule has 1 heterocycles. The van der Waals surface area contributed by atoms with E-state index in [9.17, 15) is 19.2 Å². The number of nitrogens with zero attached hydrogens (tertiary/aromatic N) is 1. The third-order valence-corrected chi connectivity index (χ3v) is 5.37. The van der Waals surface area contributed by atoms with Crippen LogP contribution >= 0.6 is 0 Å². The molecule has 0 radical (unpaired) electrons. The van der Waals surface area contributed by atoms with Gasteiger partial charge in [-0.1, -0.05) is 6.07 Å². The molecule has 2 aliphatic rings. The summed E-state index contributed by atoms with van der Waals surface area (Å²) in [5, 5.41) is 3.15. The van der Waals surface area contributed by atoms with Crippen LogP contribution in [-0.2, 0) is 9.59 Å². The van der Waals surface area contributed by atoms with Gasteiger partial charge in [-0.25, -0.2) is 0 Å². The van der Waals surface area contributed by atoms with E-state index in [1.54, 1.807) is 36.4 Å². The van der Waals surface area contributed by atoms with Gasteiger partial charge in [-0.3, -0.25) is 24.1 Å². The van der Waals surface area contributed by atoms with Crippen molar-refractivity contribution in [2.24, 2.45) is 0 Å². The monoisotopic (exact) mass is 408 g/mol. The van der Waals surface area contributed by atoms with Gasteiger partial charge in [-0.2, -0.15) is 0 Å². The first-order valence-corrected chi connectivity index (χ1v) is 9.49. The van der Waals surface area contributed by atoms with Crippen molar-refractivity contribution in [2.45, 2.75) is 25.3 Å². The zero-order chi connectivity index (χ0) is 21.4. The molecule has 1 fully saturated rings. The molecule has 0 saturated heterocycles. The van der Waals surface area contributed by atoms with Gasteiger partial charge in [0.15, 0.2) is 5.78 Å². The molecule has 8 heteroatoms. The molecule has 8 nitrogen and oxygen atoms in total. The molecule has 30 heavy (non-hydrogen) atoms. The number of ether oxygens (including phenoxy) is 2. The van der Waals surface area contributed by atoms with Crippen LogP contribution in [0.4, 0.5) is 11.4 Å². The fourth-order valence-corrected chi connectivity index (χ4v) is 3.88. The van der Waals surface area contributed by atoms with E-state index in [2.05, 4.69) is 5.32 Å². The van der Waals surface area contributed by atoms with Crippen molar-refractivity contribution in [2.75, 3.05) is 19.5 Å². The topological polar surface area (TPSA) is 102 Å². The molecular formula is C22H20N2O6. The number of anilines is 2. The Kier molecular flexibility index (Phi) is 4.99. The Labute approximate surface area is 172 Å². The summed E-state index contributed by atoms with van der Waals surface area (Å²) < 4.78 is 10.6. The van der Waals surface area contributed by atoms with Gasteiger partial charge >= 0.3 is 0 Å². The lowest BCUT2D eigenvalue weighted by Gasteiger charge is -2.27. The van der Waals surface area contributed by atoms with Crippen LogP contribution in [0.15, 0.2) is 36.4 Å². The van der Waals surface area contributed by atoms with Crippen LogP contribution < -0.4 is 14.8 Å². The van der Waals surface area contributed by atoms with E-state index in [0.717, 1.165) is 4.90 Å². The van der Waals surface area contributed by atoms with Crippen LogP contribution in [0.5, 0.6) is 11.5 Å². The van der Waals surface area contributed by atoms with Crippen LogP contribution in [0.1, 0.15) is 40.0 Å². The fourth-order valence-electron chi connectivity index (χ4n) is 3.88. The number of methoxy groups -OCH3 is 2. The number of carbonyl (C=O) groups is 4. The molecule has 2 aromatic carbocycles. The molecule has 1 saturated carbocycles. The molecule has 1 atom stereocenters. The van der Waals surface area contributed by atoms with Gasteiger partial charge in [0.1, 0.15) is 17.3 Å². The number of hydrogen-bond acceptors (Lipinski definition) is 7. The number of hydrogen-bond donors (Lipinski definition) is 1. The molecule has 1 N–H and O–H groups in total. The van der Waals surface area contributed by atoms with Crippen LogP contribution in [0.2, 0.25) is 0 Å². The summed E-state index contributed by atoms with van der Waals surface area (Å²) in [6, 6.07) is 9.17. The van der Waals surface area contributed by atoms with Gasteiger partial charge in [0.05, 0.1) is 49.2 Å². The number of rotatable bonds is 5. The third kappa shape index (κ3) is 3.20. The van der Waals surface area contributed by atoms with Crippen LogP contribution in [-0.4, -0.2) is 48.5 Å². The second-order valence-electron chi connectivity index (χ2n) is 7.14. The Balaban J connectivity index is 1.71. The normalized spacial score (nSPS) is 18.5. The minimum absolute atomic E-state index is 0.162. The van der Waals surface area contributed by atoms with Crippen molar-refractivity contribution >= 4 is 34.8 Å². The quantitative estimate of drug-likeness (QED) is 0.599. The minimum atomic E-state index is -0.908. The lowest BCUT2D eigenvalue weighted by molar-refractivity contribution is -0.132. The first kappa shape index (κ1) is 19.6. The Hall–Kier alpha value is -3.68. The molecular weight excluding hydrogens is 388 g/mol. The van der Waals surface area contributed by atoms with Gasteiger partial charge in [0, 0.05) is 12.5 Å². The first-order valence-electron chi connectivity index (χ1n) is 9.49. The number of ketones is 2. The summed E-state index contributed by atoms with van der Waals surface area (Å²) in [7, 11) is 3.06. The van der Waals surface area contributed by atoms with E-state index in [1.165, 1.54) is 14.2 Å². The predicted molar refractivity (Wildman–Crippen MR) is 107 cm³/mol. The maximum Gasteiger partial charge on any atom is 0.264 e. The van der Waals surface area contributed by atoms with E-state index in [-0.39, 0.29) is 36.2 Å². The van der Waals surface area contributed by atoms with Crippen molar-refractivity contribution in [3.05, 3.63) is 47.5 Å². The van der Waals surface area contributed by atoms with Crippen molar-refractivity contribution in [3.63, 3.8) is 0 Å². The third-order valence-electron chi connectivity index (χ3n) is 5.37. The maximum atomic E-state index is 13.2. The van der Waals surface area contributed by atoms with Crippen LogP contribution in [0.25, 0.3) is 0 Å². The summed E-state index contributed by atoms with van der Waals surface area (Å²) in [6.07, 6.45) is 0.0930. The standard InChI is InChI=1S/C22H20N2O6/c1-29-13-7-9-19(30-2)16(11-13)23-15-5-3-4-14-20(15)22(28)24(21(14)27)17-8-6-12(25)10-18(17)26/h3-5,7,9,11,17,23H,6,8,10H2,1-2H3. The van der Waals surface area contributed by atoms with E-state index in [4.69, 9.17) is 9.47 Å². The van der Waals surface area contributed by atoms with E-state index < -0.39 is 23.6 Å². The lowest BCUT2D eigenvalue weighted by atomic mass is 9.92. The summed E-state index contributed by atoms with van der Waals surface area (Å²) in [4.78, 5) is 51.0. The molecule has 1 aliphatic heterocycles. The van der Waals surface area contributed by atoms with Gasteiger partial charge in [0.25, 0.3) is 11.8 Å². The lowest BCUT2D eigenvalue weighted by Crippen LogP contribution is -2.47. The number of benzene rings is 2. The average Bonchev–Trinajstić information content (AvgIpc) is 2.99. The molecule has 1 aliphatic carbocycles. The Morgan fingerprint density at radius 1 is 0.967 bits per heavy atom. The molecule has 1 unspecified atom stereocenters. The van der Waals surface area contributed by atoms with Gasteiger partial charge in [-0.05, 0) is 30.7 Å². The van der Waals surface area contributed by atoms with Crippen LogP contribution in [0, 0.1) is 0 Å². The van der Waals surface area contributed by atoms with Gasteiger partial charge in [-0.15, -0.1) is 0 Å². The summed E-state index contributed by atoms with van der Waals surface area (Å²) in [5.74, 6) is -0.517. The summed E-state index contributed by atoms with van der Waals surface area (Å²) >= 11 is 0. The molecule has 4 rings (SSSR count). The zero-order valence-electron chi connectivity index (χ0n) is 16.6. The highest BCUT2D eigenvalue weighted by Crippen LogP contribution is 2.37. The highest BCUT2D eigenvalue weighted by atomic mass is 16.5. The zero-order valence-corrected chi connectivity index (χ0v) is 16.6. The smallest absolute Gasteiger partial charge is 0.264 e. The highest BCUT2D eigenvalue weighted by Gasteiger charge is 2.45. The highest BCUT2D eigenvalue weighted by molar-refractivity contribution is 6.26. The number of fused-ring (bicyclic) bond motifs is 1. The van der Waals surface area contributed by atoms with Crippen LogP contribution in [0.3, 0.4) is 0 Å². The number of carbonyl (C=O) groups excluding carboxylic acids is 4. The van der Waals surface area contributed by atoms with Gasteiger partial charge in [0.2, 0.25) is 0 Å². The SMILES string of the molecule is COc1ccc(OC)c(Nc2cccc3c2C(=O)N(C2CCC(=O)CC2=O)C3=O)c1. The summed E-state index contributed by atoms with van der Waals surface area (Å²) in [6.45, 7) is 0. The molecule has 0 bridgehead atoms. The Bertz CT molecular complexity index is 1080. The molecule has 2 aromatic rings. The number of Topliss-reactive ketones (excluding diaryl/α,β-unsaturated/α-hetero) is 2. The predicted octanol–water partition coefficient (Wildman–Crippen LogP) is 2.73. The van der Waals surface area contributed by atoms with Crippen molar-refractivity contribution < 1.29 is 28.7 Å². The first-order chi connectivity index (χ1) is 14.4. The summed E-state index contributed by atoms with van der Waals surface area (Å²) in [5.41, 5.74) is 1.39.